The van der Waals surface area contributed by atoms with E-state index >= 15 is 0 Å². The van der Waals surface area contributed by atoms with Crippen molar-refractivity contribution in [1.29, 1.82) is 5.26 Å². The molecule has 0 bridgehead atoms. The van der Waals surface area contributed by atoms with Gasteiger partial charge in [-0.1, -0.05) is 71.4 Å². The van der Waals surface area contributed by atoms with E-state index in [1.807, 2.05) is 36.4 Å². The summed E-state index contributed by atoms with van der Waals surface area (Å²) in [7, 11) is 0. The van der Waals surface area contributed by atoms with Crippen LogP contribution in [0.5, 0.6) is 0 Å². The van der Waals surface area contributed by atoms with E-state index < -0.39 is 17.0 Å². The molecule has 1 saturated heterocycles. The van der Waals surface area contributed by atoms with Crippen molar-refractivity contribution in [1.82, 2.24) is 5.32 Å². The lowest BCUT2D eigenvalue weighted by molar-refractivity contribution is -0.117. The normalized spacial score (nSPS) is 16.7. The summed E-state index contributed by atoms with van der Waals surface area (Å²) in [4.78, 5) is 27.7. The largest absolute Gasteiger partial charge is 0.347 e. The zero-order valence-corrected chi connectivity index (χ0v) is 20.5. The Hall–Kier alpha value is -3.31. The SMILES string of the molecule is N#C/C(C(=O)NCc1ccccc1)=C1/SC(Cc2ccc(Cl)c(Cl)c2)C(=O)N1c1ccc(F)cc1. The van der Waals surface area contributed by atoms with Gasteiger partial charge in [0.05, 0.1) is 15.3 Å². The van der Waals surface area contributed by atoms with Crippen molar-refractivity contribution < 1.29 is 14.0 Å². The predicted molar refractivity (Wildman–Crippen MR) is 136 cm³/mol. The molecule has 1 aliphatic heterocycles. The smallest absolute Gasteiger partial charge is 0.264 e. The first-order chi connectivity index (χ1) is 16.9. The van der Waals surface area contributed by atoms with Gasteiger partial charge in [-0.25, -0.2) is 4.39 Å². The Morgan fingerprint density at radius 3 is 2.40 bits per heavy atom. The number of thioether (sulfide) groups is 1. The molecule has 1 unspecified atom stereocenters. The van der Waals surface area contributed by atoms with Gasteiger partial charge >= 0.3 is 0 Å². The predicted octanol–water partition coefficient (Wildman–Crippen LogP) is 5.88. The standard InChI is InChI=1S/C26H18Cl2FN3O2S/c27-21-11-6-17(12-22(21)28)13-23-25(34)32(19-9-7-18(29)8-10-19)26(35-23)20(14-30)24(33)31-15-16-4-2-1-3-5-16/h1-12,23H,13,15H2,(H,31,33)/b26-20-. The van der Waals surface area contributed by atoms with Crippen LogP contribution >= 0.6 is 35.0 Å². The van der Waals surface area contributed by atoms with Gasteiger partial charge in [0.25, 0.3) is 5.91 Å². The summed E-state index contributed by atoms with van der Waals surface area (Å²) < 4.78 is 13.6. The van der Waals surface area contributed by atoms with Crippen LogP contribution in [0.15, 0.2) is 83.4 Å². The first kappa shape index (κ1) is 24.8. The number of nitrogens with zero attached hydrogens (tertiary/aromatic N) is 2. The fraction of sp³-hybridized carbons (Fsp3) is 0.115. The maximum Gasteiger partial charge on any atom is 0.264 e. The van der Waals surface area contributed by atoms with Crippen LogP contribution < -0.4 is 10.2 Å². The van der Waals surface area contributed by atoms with Crippen molar-refractivity contribution in [3.05, 3.63) is 110 Å². The number of anilines is 1. The van der Waals surface area contributed by atoms with E-state index in [9.17, 15) is 19.2 Å². The number of benzene rings is 3. The van der Waals surface area contributed by atoms with E-state index in [1.165, 1.54) is 29.2 Å². The molecule has 1 atom stereocenters. The highest BCUT2D eigenvalue weighted by Crippen LogP contribution is 2.42. The van der Waals surface area contributed by atoms with Gasteiger partial charge in [0.2, 0.25) is 5.91 Å². The van der Waals surface area contributed by atoms with Gasteiger partial charge in [-0.2, -0.15) is 5.26 Å². The van der Waals surface area contributed by atoms with Crippen LogP contribution in [0.3, 0.4) is 0 Å². The molecule has 1 N–H and O–H groups in total. The van der Waals surface area contributed by atoms with Crippen molar-refractivity contribution in [2.45, 2.75) is 18.2 Å². The van der Waals surface area contributed by atoms with Gasteiger partial charge in [-0.3, -0.25) is 14.5 Å². The second-order valence-electron chi connectivity index (χ2n) is 7.67. The molecule has 0 aromatic heterocycles. The van der Waals surface area contributed by atoms with Gasteiger partial charge in [0.15, 0.2) is 0 Å². The van der Waals surface area contributed by atoms with Crippen LogP contribution in [0.1, 0.15) is 11.1 Å². The summed E-state index contributed by atoms with van der Waals surface area (Å²) in [5.41, 5.74) is 1.81. The highest BCUT2D eigenvalue weighted by atomic mass is 35.5. The maximum absolute atomic E-state index is 13.6. The molecular weight excluding hydrogens is 508 g/mol. The Morgan fingerprint density at radius 2 is 1.74 bits per heavy atom. The number of halogens is 3. The average Bonchev–Trinajstić information content (AvgIpc) is 3.17. The van der Waals surface area contributed by atoms with Crippen LogP contribution in [0.4, 0.5) is 10.1 Å². The first-order valence-electron chi connectivity index (χ1n) is 10.5. The zero-order valence-electron chi connectivity index (χ0n) is 18.2. The third-order valence-corrected chi connectivity index (χ3v) is 7.29. The first-order valence-corrected chi connectivity index (χ1v) is 12.2. The Kier molecular flexibility index (Phi) is 7.76. The lowest BCUT2D eigenvalue weighted by Crippen LogP contribution is -2.32. The summed E-state index contributed by atoms with van der Waals surface area (Å²) >= 11 is 13.2. The molecule has 1 heterocycles. The van der Waals surface area contributed by atoms with Gasteiger partial charge < -0.3 is 5.32 Å². The topological polar surface area (TPSA) is 73.2 Å². The molecule has 0 spiro atoms. The van der Waals surface area contributed by atoms with Crippen LogP contribution in [0.2, 0.25) is 10.0 Å². The lowest BCUT2D eigenvalue weighted by atomic mass is 10.1. The molecule has 35 heavy (non-hydrogen) atoms. The number of hydrogen-bond donors (Lipinski definition) is 1. The number of nitrogens with one attached hydrogen (secondary N) is 1. The van der Waals surface area contributed by atoms with E-state index in [2.05, 4.69) is 5.32 Å². The zero-order chi connectivity index (χ0) is 24.9. The van der Waals surface area contributed by atoms with Crippen molar-refractivity contribution in [3.8, 4) is 6.07 Å². The minimum Gasteiger partial charge on any atom is -0.347 e. The van der Waals surface area contributed by atoms with Crippen molar-refractivity contribution >= 4 is 52.5 Å². The lowest BCUT2D eigenvalue weighted by Gasteiger charge is -2.18. The molecule has 4 rings (SSSR count). The van der Waals surface area contributed by atoms with E-state index in [-0.39, 0.29) is 23.1 Å². The second kappa shape index (κ2) is 11.0. The molecule has 0 radical (unpaired) electrons. The fourth-order valence-corrected chi connectivity index (χ4v) is 5.19. The monoisotopic (exact) mass is 525 g/mol. The van der Waals surface area contributed by atoms with Crippen molar-refractivity contribution in [2.75, 3.05) is 4.90 Å². The molecule has 0 saturated carbocycles. The Morgan fingerprint density at radius 1 is 1.03 bits per heavy atom. The molecule has 3 aromatic rings. The van der Waals surface area contributed by atoms with Gasteiger partial charge in [-0.05, 0) is 53.9 Å². The Balaban J connectivity index is 1.67. The minimum atomic E-state index is -0.627. The fourth-order valence-electron chi connectivity index (χ4n) is 3.56. The van der Waals surface area contributed by atoms with Gasteiger partial charge in [-0.15, -0.1) is 0 Å². The summed E-state index contributed by atoms with van der Waals surface area (Å²) in [5.74, 6) is -1.40. The molecule has 1 fully saturated rings. The maximum atomic E-state index is 13.6. The molecule has 5 nitrogen and oxygen atoms in total. The van der Waals surface area contributed by atoms with Crippen LogP contribution in [-0.2, 0) is 22.6 Å². The van der Waals surface area contributed by atoms with E-state index in [4.69, 9.17) is 23.2 Å². The molecule has 9 heteroatoms. The van der Waals surface area contributed by atoms with Crippen LogP contribution in [0.25, 0.3) is 0 Å². The molecule has 1 aliphatic rings. The minimum absolute atomic E-state index is 0.194. The number of nitriles is 1. The second-order valence-corrected chi connectivity index (χ2v) is 9.68. The number of amides is 2. The van der Waals surface area contributed by atoms with Gasteiger partial charge in [0, 0.05) is 12.2 Å². The van der Waals surface area contributed by atoms with Gasteiger partial charge in [0.1, 0.15) is 22.5 Å². The third-order valence-electron chi connectivity index (χ3n) is 5.29. The number of rotatable bonds is 6. The molecule has 0 aliphatic carbocycles. The average molecular weight is 526 g/mol. The Labute approximate surface area is 216 Å². The van der Waals surface area contributed by atoms with E-state index in [1.54, 1.807) is 18.2 Å². The molecule has 2 amide bonds. The summed E-state index contributed by atoms with van der Waals surface area (Å²) in [5, 5.41) is 12.9. The highest BCUT2D eigenvalue weighted by molar-refractivity contribution is 8.05. The third kappa shape index (κ3) is 5.68. The number of hydrogen-bond acceptors (Lipinski definition) is 4. The summed E-state index contributed by atoms with van der Waals surface area (Å²) in [6.07, 6.45) is 0.298. The van der Waals surface area contributed by atoms with Crippen LogP contribution in [0, 0.1) is 17.1 Å². The molecule has 3 aromatic carbocycles. The highest BCUT2D eigenvalue weighted by Gasteiger charge is 2.40. The van der Waals surface area contributed by atoms with E-state index in [0.717, 1.165) is 22.9 Å². The number of carbonyl (C=O) groups excluding carboxylic acids is 2. The summed E-state index contributed by atoms with van der Waals surface area (Å²) in [6.45, 7) is 0.222. The van der Waals surface area contributed by atoms with E-state index in [0.29, 0.717) is 22.2 Å². The number of carbonyl (C=O) groups is 2. The van der Waals surface area contributed by atoms with Crippen molar-refractivity contribution in [3.63, 3.8) is 0 Å². The molecular formula is C26H18Cl2FN3O2S. The Bertz CT molecular complexity index is 1340. The molecule has 176 valence electrons. The van der Waals surface area contributed by atoms with Crippen LogP contribution in [-0.4, -0.2) is 17.1 Å². The summed E-state index contributed by atoms with van der Waals surface area (Å²) in [6, 6.07) is 21.6. The van der Waals surface area contributed by atoms with Crippen molar-refractivity contribution in [2.24, 2.45) is 0 Å². The quantitative estimate of drug-likeness (QED) is 0.322.